The first-order valence-electron chi connectivity index (χ1n) is 10.2. The van der Waals surface area contributed by atoms with Gasteiger partial charge in [0.1, 0.15) is 0 Å². The summed E-state index contributed by atoms with van der Waals surface area (Å²) in [5.74, 6) is -0.183. The van der Waals surface area contributed by atoms with Gasteiger partial charge in [-0.15, -0.1) is 0 Å². The van der Waals surface area contributed by atoms with Crippen LogP contribution in [-0.2, 0) is 21.0 Å². The lowest BCUT2D eigenvalue weighted by Gasteiger charge is -2.24. The first kappa shape index (κ1) is 23.0. The maximum Gasteiger partial charge on any atom is 0.417 e. The Labute approximate surface area is 175 Å². The number of rotatable bonds is 7. The zero-order valence-electron chi connectivity index (χ0n) is 17.1. The summed E-state index contributed by atoms with van der Waals surface area (Å²) >= 11 is 0. The van der Waals surface area contributed by atoms with Crippen molar-refractivity contribution in [2.75, 3.05) is 20.1 Å². The summed E-state index contributed by atoms with van der Waals surface area (Å²) in [7, 11) is -2.57. The normalized spacial score (nSPS) is 25.8. The second-order valence-corrected chi connectivity index (χ2v) is 9.97. The number of carbonyl (C=O) groups is 1. The van der Waals surface area contributed by atoms with E-state index in [1.807, 2.05) is 6.92 Å². The van der Waals surface area contributed by atoms with E-state index in [0.29, 0.717) is 6.42 Å². The van der Waals surface area contributed by atoms with Gasteiger partial charge in [0.2, 0.25) is 15.9 Å². The van der Waals surface area contributed by atoms with Crippen molar-refractivity contribution in [3.8, 4) is 0 Å². The Morgan fingerprint density at radius 2 is 1.93 bits per heavy atom. The molecule has 3 rings (SSSR count). The van der Waals surface area contributed by atoms with E-state index in [-0.39, 0.29) is 42.9 Å². The zero-order chi connectivity index (χ0) is 22.1. The Kier molecular flexibility index (Phi) is 6.78. The highest BCUT2D eigenvalue weighted by Gasteiger charge is 2.48. The van der Waals surface area contributed by atoms with Crippen LogP contribution in [0.5, 0.6) is 0 Å². The zero-order valence-corrected chi connectivity index (χ0v) is 17.9. The molecule has 1 aliphatic heterocycles. The molecule has 0 bridgehead atoms. The fourth-order valence-corrected chi connectivity index (χ4v) is 6.39. The van der Waals surface area contributed by atoms with Crippen LogP contribution in [0.2, 0.25) is 0 Å². The molecule has 0 unspecified atom stereocenters. The number of halogens is 3. The minimum Gasteiger partial charge on any atom is -0.352 e. The Balaban J connectivity index is 1.76. The Bertz CT molecular complexity index is 876. The highest BCUT2D eigenvalue weighted by molar-refractivity contribution is 7.89. The van der Waals surface area contributed by atoms with Crippen LogP contribution in [0.4, 0.5) is 13.2 Å². The van der Waals surface area contributed by atoms with Crippen LogP contribution in [-0.4, -0.2) is 50.9 Å². The van der Waals surface area contributed by atoms with Crippen LogP contribution < -0.4 is 10.6 Å². The van der Waals surface area contributed by atoms with E-state index >= 15 is 0 Å². The molecule has 1 saturated carbocycles. The fraction of sp³-hybridized carbons (Fsp3) is 0.650. The van der Waals surface area contributed by atoms with Gasteiger partial charge >= 0.3 is 6.18 Å². The topological polar surface area (TPSA) is 78.5 Å². The number of fused-ring (bicyclic) bond motifs is 1. The number of nitrogens with one attached hydrogen (secondary N) is 2. The SMILES string of the molecule is CCC[C@H](NC)C(=O)N[C@H]1CC[C@@H]2CN(S(=O)(=O)c3ccccc3C(F)(F)F)C[C@@H]21. The van der Waals surface area contributed by atoms with Crippen LogP contribution in [0, 0.1) is 11.8 Å². The molecule has 0 aromatic heterocycles. The van der Waals surface area contributed by atoms with Gasteiger partial charge in [-0.1, -0.05) is 25.5 Å². The predicted octanol–water partition coefficient (Wildman–Crippen LogP) is 2.61. The summed E-state index contributed by atoms with van der Waals surface area (Å²) in [6, 6.07) is 3.79. The monoisotopic (exact) mass is 447 g/mol. The van der Waals surface area contributed by atoms with Gasteiger partial charge in [0.15, 0.2) is 0 Å². The number of sulfonamides is 1. The molecule has 6 nitrogen and oxygen atoms in total. The average molecular weight is 448 g/mol. The minimum absolute atomic E-state index is 0.0299. The largest absolute Gasteiger partial charge is 0.417 e. The molecular weight excluding hydrogens is 419 g/mol. The van der Waals surface area contributed by atoms with Crippen molar-refractivity contribution < 1.29 is 26.4 Å². The molecule has 2 N–H and O–H groups in total. The summed E-state index contributed by atoms with van der Waals surface area (Å²) in [6.45, 7) is 2.28. The van der Waals surface area contributed by atoms with Gasteiger partial charge in [0, 0.05) is 19.1 Å². The first-order valence-corrected chi connectivity index (χ1v) is 11.7. The van der Waals surface area contributed by atoms with Gasteiger partial charge in [-0.25, -0.2) is 8.42 Å². The third kappa shape index (κ3) is 4.50. The maximum absolute atomic E-state index is 13.3. The summed E-state index contributed by atoms with van der Waals surface area (Å²) in [4.78, 5) is 11.8. The number of nitrogens with zero attached hydrogens (tertiary/aromatic N) is 1. The molecule has 10 heteroatoms. The van der Waals surface area contributed by atoms with Crippen LogP contribution >= 0.6 is 0 Å². The Morgan fingerprint density at radius 3 is 2.57 bits per heavy atom. The molecular formula is C20H28F3N3O3S. The molecule has 2 aliphatic rings. The number of alkyl halides is 3. The third-order valence-corrected chi connectivity index (χ3v) is 8.09. The number of carbonyl (C=O) groups excluding carboxylic acids is 1. The third-order valence-electron chi connectivity index (χ3n) is 6.20. The highest BCUT2D eigenvalue weighted by atomic mass is 32.2. The number of benzene rings is 1. The van der Waals surface area contributed by atoms with Crippen LogP contribution in [0.3, 0.4) is 0 Å². The van der Waals surface area contributed by atoms with E-state index in [1.165, 1.54) is 12.1 Å². The molecule has 30 heavy (non-hydrogen) atoms. The number of hydrogen-bond acceptors (Lipinski definition) is 4. The van der Waals surface area contributed by atoms with E-state index in [0.717, 1.165) is 35.7 Å². The van der Waals surface area contributed by atoms with E-state index in [2.05, 4.69) is 10.6 Å². The number of likely N-dealkylation sites (N-methyl/N-ethyl adjacent to an activating group) is 1. The van der Waals surface area contributed by atoms with Crippen LogP contribution in [0.1, 0.15) is 38.2 Å². The standard InChI is InChI=1S/C20H28F3N3O3S/c1-3-6-17(24-2)19(27)25-16-10-9-13-11-26(12-14(13)16)30(28,29)18-8-5-4-7-15(18)20(21,22)23/h4-5,7-8,13-14,16-17,24H,3,6,9-12H2,1-2H3,(H,25,27)/t13-,14+,16+,17+/m1/s1. The predicted molar refractivity (Wildman–Crippen MR) is 106 cm³/mol. The molecule has 1 aliphatic carbocycles. The Hall–Kier alpha value is -1.65. The molecule has 1 amide bonds. The van der Waals surface area contributed by atoms with Gasteiger partial charge in [-0.3, -0.25) is 4.79 Å². The second-order valence-electron chi connectivity index (χ2n) is 8.06. The fourth-order valence-electron chi connectivity index (χ4n) is 4.64. The number of amides is 1. The molecule has 1 aromatic carbocycles. The summed E-state index contributed by atoms with van der Waals surface area (Å²) < 4.78 is 67.2. The van der Waals surface area contributed by atoms with E-state index < -0.39 is 26.7 Å². The molecule has 1 saturated heterocycles. The summed E-state index contributed by atoms with van der Waals surface area (Å²) in [5, 5.41) is 6.02. The van der Waals surface area contributed by atoms with Crippen molar-refractivity contribution in [2.24, 2.45) is 11.8 Å². The van der Waals surface area contributed by atoms with Gasteiger partial charge in [0.25, 0.3) is 0 Å². The molecule has 1 heterocycles. The van der Waals surface area contributed by atoms with Crippen molar-refractivity contribution in [1.29, 1.82) is 0 Å². The van der Waals surface area contributed by atoms with Crippen molar-refractivity contribution in [3.05, 3.63) is 29.8 Å². The van der Waals surface area contributed by atoms with Crippen molar-refractivity contribution in [2.45, 2.75) is 55.8 Å². The first-order chi connectivity index (χ1) is 14.1. The average Bonchev–Trinajstić information content (AvgIpc) is 3.28. The Morgan fingerprint density at radius 1 is 1.23 bits per heavy atom. The minimum atomic E-state index is -4.75. The molecule has 0 spiro atoms. The van der Waals surface area contributed by atoms with Gasteiger partial charge in [-0.05, 0) is 50.3 Å². The second kappa shape index (κ2) is 8.84. The lowest BCUT2D eigenvalue weighted by atomic mass is 9.97. The van der Waals surface area contributed by atoms with E-state index in [4.69, 9.17) is 0 Å². The molecule has 0 radical (unpaired) electrons. The lowest BCUT2D eigenvalue weighted by Crippen LogP contribution is -2.48. The number of hydrogen-bond donors (Lipinski definition) is 2. The quantitative estimate of drug-likeness (QED) is 0.674. The van der Waals surface area contributed by atoms with Crippen molar-refractivity contribution in [1.82, 2.24) is 14.9 Å². The molecule has 1 aromatic rings. The molecule has 168 valence electrons. The van der Waals surface area contributed by atoms with Gasteiger partial charge < -0.3 is 10.6 Å². The van der Waals surface area contributed by atoms with Gasteiger partial charge in [0.05, 0.1) is 16.5 Å². The smallest absolute Gasteiger partial charge is 0.352 e. The summed E-state index contributed by atoms with van der Waals surface area (Å²) in [5.41, 5.74) is -1.15. The molecule has 4 atom stereocenters. The van der Waals surface area contributed by atoms with Gasteiger partial charge in [-0.2, -0.15) is 17.5 Å². The molecule has 2 fully saturated rings. The van der Waals surface area contributed by atoms with Crippen molar-refractivity contribution >= 4 is 15.9 Å². The lowest BCUT2D eigenvalue weighted by molar-refractivity contribution is -0.140. The maximum atomic E-state index is 13.3. The van der Waals surface area contributed by atoms with E-state index in [1.54, 1.807) is 7.05 Å². The highest BCUT2D eigenvalue weighted by Crippen LogP contribution is 2.42. The summed E-state index contributed by atoms with van der Waals surface area (Å²) in [6.07, 6.45) is -1.73. The van der Waals surface area contributed by atoms with Crippen LogP contribution in [0.15, 0.2) is 29.2 Å². The van der Waals surface area contributed by atoms with E-state index in [9.17, 15) is 26.4 Å². The van der Waals surface area contributed by atoms with Crippen molar-refractivity contribution in [3.63, 3.8) is 0 Å². The van der Waals surface area contributed by atoms with Crippen LogP contribution in [0.25, 0.3) is 0 Å².